The second-order valence-corrected chi connectivity index (χ2v) is 3.37. The molecule has 16 heavy (non-hydrogen) atoms. The quantitative estimate of drug-likeness (QED) is 0.808. The van der Waals surface area contributed by atoms with Gasteiger partial charge < -0.3 is 5.11 Å². The van der Waals surface area contributed by atoms with Crippen LogP contribution in [0.4, 0.5) is 8.78 Å². The predicted molar refractivity (Wildman–Crippen MR) is 53.4 cm³/mol. The van der Waals surface area contributed by atoms with Crippen molar-refractivity contribution in [2.75, 3.05) is 0 Å². The zero-order valence-corrected chi connectivity index (χ0v) is 8.29. The Hall–Kier alpha value is -2.04. The zero-order valence-electron chi connectivity index (χ0n) is 8.29. The minimum absolute atomic E-state index is 0.0357. The summed E-state index contributed by atoms with van der Waals surface area (Å²) in [7, 11) is 0. The Bertz CT molecular complexity index is 596. The number of carboxylic acids is 1. The lowest BCUT2D eigenvalue weighted by molar-refractivity contribution is 0.0698. The molecule has 0 aliphatic heterocycles. The van der Waals surface area contributed by atoms with Gasteiger partial charge in [0.15, 0.2) is 11.6 Å². The third kappa shape index (κ3) is 1.50. The summed E-state index contributed by atoms with van der Waals surface area (Å²) in [4.78, 5) is 14.8. The lowest BCUT2D eigenvalue weighted by atomic mass is 10.1. The van der Waals surface area contributed by atoms with Crippen LogP contribution in [-0.2, 0) is 0 Å². The van der Waals surface area contributed by atoms with E-state index in [0.29, 0.717) is 11.8 Å². The van der Waals surface area contributed by atoms with Gasteiger partial charge in [0.2, 0.25) is 0 Å². The summed E-state index contributed by atoms with van der Waals surface area (Å²) < 4.78 is 26.5. The molecule has 0 bridgehead atoms. The molecular weight excluding hydrogens is 216 g/mol. The van der Waals surface area contributed by atoms with Crippen LogP contribution in [0, 0.1) is 18.6 Å². The van der Waals surface area contributed by atoms with Crippen LogP contribution in [-0.4, -0.2) is 16.1 Å². The van der Waals surface area contributed by atoms with E-state index < -0.39 is 17.6 Å². The minimum atomic E-state index is -1.33. The number of nitrogens with zero attached hydrogens (tertiary/aromatic N) is 1. The van der Waals surface area contributed by atoms with E-state index in [1.165, 1.54) is 12.1 Å². The van der Waals surface area contributed by atoms with Crippen molar-refractivity contribution in [1.82, 2.24) is 4.98 Å². The van der Waals surface area contributed by atoms with Gasteiger partial charge in [0.25, 0.3) is 0 Å². The van der Waals surface area contributed by atoms with Crippen LogP contribution in [0.3, 0.4) is 0 Å². The highest BCUT2D eigenvalue weighted by Gasteiger charge is 2.17. The zero-order chi connectivity index (χ0) is 11.9. The second kappa shape index (κ2) is 3.52. The summed E-state index contributed by atoms with van der Waals surface area (Å²) in [6, 6.07) is 3.46. The average molecular weight is 223 g/mol. The van der Waals surface area contributed by atoms with Gasteiger partial charge in [-0.3, -0.25) is 4.98 Å². The van der Waals surface area contributed by atoms with Gasteiger partial charge in [-0.15, -0.1) is 0 Å². The standard InChI is InChI=1S/C11H7F2NO2/c1-5-2-3-6-9(13)8(12)4-7(11(15)16)10(6)14-5/h2-4H,1H3,(H,15,16). The summed E-state index contributed by atoms with van der Waals surface area (Å²) in [5, 5.41) is 8.74. The number of rotatable bonds is 1. The fourth-order valence-corrected chi connectivity index (χ4v) is 1.49. The van der Waals surface area contributed by atoms with E-state index in [0.717, 1.165) is 0 Å². The van der Waals surface area contributed by atoms with Crippen LogP contribution < -0.4 is 0 Å². The van der Waals surface area contributed by atoms with E-state index in [4.69, 9.17) is 5.11 Å². The first-order valence-electron chi connectivity index (χ1n) is 4.49. The molecular formula is C11H7F2NO2. The van der Waals surface area contributed by atoms with Gasteiger partial charge >= 0.3 is 5.97 Å². The predicted octanol–water partition coefficient (Wildman–Crippen LogP) is 2.52. The highest BCUT2D eigenvalue weighted by atomic mass is 19.2. The third-order valence-electron chi connectivity index (χ3n) is 2.24. The van der Waals surface area contributed by atoms with Gasteiger partial charge in [0.1, 0.15) is 0 Å². The summed E-state index contributed by atoms with van der Waals surface area (Å²) in [6.45, 7) is 1.65. The van der Waals surface area contributed by atoms with Crippen LogP contribution in [0.1, 0.15) is 16.1 Å². The molecule has 0 spiro atoms. The number of halogens is 2. The molecule has 0 unspecified atom stereocenters. The number of pyridine rings is 1. The smallest absolute Gasteiger partial charge is 0.338 e. The average Bonchev–Trinajstić information content (AvgIpc) is 2.22. The molecule has 0 aliphatic rings. The van der Waals surface area contributed by atoms with E-state index in [1.54, 1.807) is 6.92 Å². The van der Waals surface area contributed by atoms with Crippen molar-refractivity contribution in [3.8, 4) is 0 Å². The second-order valence-electron chi connectivity index (χ2n) is 3.37. The highest BCUT2D eigenvalue weighted by Crippen LogP contribution is 2.23. The molecule has 0 aliphatic carbocycles. The molecule has 1 N–H and O–H groups in total. The normalized spacial score (nSPS) is 10.7. The van der Waals surface area contributed by atoms with Crippen molar-refractivity contribution in [3.63, 3.8) is 0 Å². The van der Waals surface area contributed by atoms with Crippen molar-refractivity contribution < 1.29 is 18.7 Å². The molecule has 0 atom stereocenters. The van der Waals surface area contributed by atoms with Crippen LogP contribution in [0.15, 0.2) is 18.2 Å². The van der Waals surface area contributed by atoms with Gasteiger partial charge in [-0.1, -0.05) is 0 Å². The molecule has 0 radical (unpaired) electrons. The number of carboxylic acid groups (broad SMARTS) is 1. The lowest BCUT2D eigenvalue weighted by Crippen LogP contribution is -2.03. The largest absolute Gasteiger partial charge is 0.478 e. The van der Waals surface area contributed by atoms with Crippen molar-refractivity contribution in [3.05, 3.63) is 41.1 Å². The number of fused-ring (bicyclic) bond motifs is 1. The minimum Gasteiger partial charge on any atom is -0.478 e. The summed E-state index contributed by atoms with van der Waals surface area (Å²) in [5.41, 5.74) is 0.171. The van der Waals surface area contributed by atoms with Crippen molar-refractivity contribution in [2.45, 2.75) is 6.92 Å². The van der Waals surface area contributed by atoms with Crippen LogP contribution in [0.5, 0.6) is 0 Å². The number of benzene rings is 1. The van der Waals surface area contributed by atoms with Crippen molar-refractivity contribution in [2.24, 2.45) is 0 Å². The molecule has 1 aromatic carbocycles. The van der Waals surface area contributed by atoms with Gasteiger partial charge in [-0.05, 0) is 25.1 Å². The molecule has 0 amide bonds. The number of hydrogen-bond donors (Lipinski definition) is 1. The molecule has 3 nitrogen and oxygen atoms in total. The molecule has 5 heteroatoms. The Morgan fingerprint density at radius 3 is 2.69 bits per heavy atom. The molecule has 2 aromatic rings. The first-order valence-corrected chi connectivity index (χ1v) is 4.49. The number of aromatic nitrogens is 1. The van der Waals surface area contributed by atoms with E-state index in [1.807, 2.05) is 0 Å². The Morgan fingerprint density at radius 1 is 1.38 bits per heavy atom. The maximum atomic E-state index is 13.4. The fraction of sp³-hybridized carbons (Fsp3) is 0.0909. The Labute approximate surface area is 89.3 Å². The van der Waals surface area contributed by atoms with Crippen LogP contribution in [0.25, 0.3) is 10.9 Å². The van der Waals surface area contributed by atoms with Crippen LogP contribution >= 0.6 is 0 Å². The number of hydrogen-bond acceptors (Lipinski definition) is 2. The molecule has 82 valence electrons. The molecule has 1 heterocycles. The molecule has 2 rings (SSSR count). The molecule has 0 saturated heterocycles. The Kier molecular flexibility index (Phi) is 2.30. The topological polar surface area (TPSA) is 50.2 Å². The van der Waals surface area contributed by atoms with E-state index in [9.17, 15) is 13.6 Å². The van der Waals surface area contributed by atoms with Gasteiger partial charge in [-0.2, -0.15) is 0 Å². The SMILES string of the molecule is Cc1ccc2c(F)c(F)cc(C(=O)O)c2n1. The maximum absolute atomic E-state index is 13.4. The van der Waals surface area contributed by atoms with Crippen molar-refractivity contribution >= 4 is 16.9 Å². The van der Waals surface area contributed by atoms with E-state index in [2.05, 4.69) is 4.98 Å². The Morgan fingerprint density at radius 2 is 2.06 bits per heavy atom. The first kappa shape index (κ1) is 10.5. The van der Waals surface area contributed by atoms with Gasteiger partial charge in [0.05, 0.1) is 11.1 Å². The number of aryl methyl sites for hydroxylation is 1. The van der Waals surface area contributed by atoms with E-state index in [-0.39, 0.29) is 16.5 Å². The Balaban J connectivity index is 2.95. The number of aromatic carboxylic acids is 1. The maximum Gasteiger partial charge on any atom is 0.338 e. The fourth-order valence-electron chi connectivity index (χ4n) is 1.49. The van der Waals surface area contributed by atoms with E-state index >= 15 is 0 Å². The third-order valence-corrected chi connectivity index (χ3v) is 2.24. The van der Waals surface area contributed by atoms with Gasteiger partial charge in [-0.25, -0.2) is 13.6 Å². The van der Waals surface area contributed by atoms with Crippen molar-refractivity contribution in [1.29, 1.82) is 0 Å². The summed E-state index contributed by atoms with van der Waals surface area (Å²) >= 11 is 0. The van der Waals surface area contributed by atoms with Gasteiger partial charge in [0, 0.05) is 11.1 Å². The molecule has 0 saturated carbocycles. The summed E-state index contributed by atoms with van der Waals surface area (Å²) in [5.74, 6) is -3.59. The van der Waals surface area contributed by atoms with Crippen LogP contribution in [0.2, 0.25) is 0 Å². The monoisotopic (exact) mass is 223 g/mol. The highest BCUT2D eigenvalue weighted by molar-refractivity contribution is 6.01. The first-order chi connectivity index (χ1) is 7.50. The number of carbonyl (C=O) groups is 1. The lowest BCUT2D eigenvalue weighted by Gasteiger charge is -2.05. The summed E-state index contributed by atoms with van der Waals surface area (Å²) in [6.07, 6.45) is 0. The molecule has 1 aromatic heterocycles. The molecule has 0 fully saturated rings.